The fourth-order valence-corrected chi connectivity index (χ4v) is 5.99. The SMILES string of the molecule is CCc1ccc2c(c1)C(N(C)CCOc1ccc(CC(OC)C(=O)O)cc1)c1ccc(Cc3ccccc3)cc1CC2. The number of hydrogen-bond acceptors (Lipinski definition) is 4. The molecule has 0 saturated carbocycles. The maximum atomic E-state index is 11.3. The van der Waals surface area contributed by atoms with Gasteiger partial charge in [-0.15, -0.1) is 0 Å². The minimum atomic E-state index is -0.957. The van der Waals surface area contributed by atoms with Gasteiger partial charge >= 0.3 is 5.97 Å². The van der Waals surface area contributed by atoms with E-state index in [1.807, 2.05) is 24.3 Å². The van der Waals surface area contributed by atoms with Crippen molar-refractivity contribution in [3.8, 4) is 5.75 Å². The molecule has 5 nitrogen and oxygen atoms in total. The Morgan fingerprint density at radius 2 is 1.57 bits per heavy atom. The average molecular weight is 564 g/mol. The van der Waals surface area contributed by atoms with Crippen LogP contribution in [0.4, 0.5) is 0 Å². The Morgan fingerprint density at radius 1 is 0.857 bits per heavy atom. The van der Waals surface area contributed by atoms with Crippen LogP contribution in [0.2, 0.25) is 0 Å². The summed E-state index contributed by atoms with van der Waals surface area (Å²) in [7, 11) is 3.62. The van der Waals surface area contributed by atoms with E-state index in [1.165, 1.54) is 46.1 Å². The largest absolute Gasteiger partial charge is 0.492 e. The van der Waals surface area contributed by atoms with Crippen molar-refractivity contribution in [3.63, 3.8) is 0 Å². The van der Waals surface area contributed by atoms with Crippen molar-refractivity contribution in [2.75, 3.05) is 27.3 Å². The van der Waals surface area contributed by atoms with E-state index in [2.05, 4.69) is 85.6 Å². The van der Waals surface area contributed by atoms with Gasteiger partial charge in [0, 0.05) is 20.1 Å². The predicted molar refractivity (Wildman–Crippen MR) is 167 cm³/mol. The van der Waals surface area contributed by atoms with E-state index >= 15 is 0 Å². The maximum absolute atomic E-state index is 11.3. The standard InChI is InChI=1S/C37H41NO4/c1-4-26-10-14-30-15-16-31-23-29(22-27-8-6-5-7-9-27)13-19-33(31)36(34(30)24-26)38(2)20-21-42-32-17-11-28(12-18-32)25-35(41-3)37(39)40/h5-14,17-19,23-24,35-36H,4,15-16,20-22,25H2,1-3H3,(H,39,40). The van der Waals surface area contributed by atoms with Crippen molar-refractivity contribution in [3.05, 3.63) is 136 Å². The number of carboxylic acids is 1. The first-order valence-corrected chi connectivity index (χ1v) is 14.9. The summed E-state index contributed by atoms with van der Waals surface area (Å²) in [6.07, 6.45) is 3.51. The van der Waals surface area contributed by atoms with Crippen LogP contribution in [-0.2, 0) is 41.6 Å². The van der Waals surface area contributed by atoms with Gasteiger partial charge in [-0.1, -0.05) is 85.8 Å². The lowest BCUT2D eigenvalue weighted by Gasteiger charge is -2.31. The number of rotatable bonds is 12. The Labute approximate surface area is 249 Å². The molecule has 0 heterocycles. The van der Waals surface area contributed by atoms with Crippen molar-refractivity contribution in [2.24, 2.45) is 0 Å². The van der Waals surface area contributed by atoms with Gasteiger partial charge in [0.15, 0.2) is 6.10 Å². The topological polar surface area (TPSA) is 59.0 Å². The second-order valence-electron chi connectivity index (χ2n) is 11.2. The van der Waals surface area contributed by atoms with Crippen molar-refractivity contribution in [1.82, 2.24) is 4.90 Å². The van der Waals surface area contributed by atoms with Gasteiger partial charge in [0.25, 0.3) is 0 Å². The summed E-state index contributed by atoms with van der Waals surface area (Å²) in [5.41, 5.74) is 10.6. The molecule has 42 heavy (non-hydrogen) atoms. The molecular weight excluding hydrogens is 522 g/mol. The van der Waals surface area contributed by atoms with Gasteiger partial charge in [0.1, 0.15) is 12.4 Å². The first kappa shape index (κ1) is 29.6. The fraction of sp³-hybridized carbons (Fsp3) is 0.324. The number of hydrogen-bond donors (Lipinski definition) is 1. The van der Waals surface area contributed by atoms with Gasteiger partial charge in [-0.05, 0) is 89.4 Å². The number of aliphatic carboxylic acids is 1. The van der Waals surface area contributed by atoms with Crippen LogP contribution in [0.15, 0.2) is 91.0 Å². The second-order valence-corrected chi connectivity index (χ2v) is 11.2. The molecule has 2 atom stereocenters. The summed E-state index contributed by atoms with van der Waals surface area (Å²) in [6.45, 7) is 3.53. The Morgan fingerprint density at radius 3 is 2.29 bits per heavy atom. The number of nitrogens with zero attached hydrogens (tertiary/aromatic N) is 1. The highest BCUT2D eigenvalue weighted by molar-refractivity contribution is 5.72. The van der Waals surface area contributed by atoms with Gasteiger partial charge in [0.2, 0.25) is 0 Å². The second kappa shape index (κ2) is 13.8. The summed E-state index contributed by atoms with van der Waals surface area (Å²) in [4.78, 5) is 13.7. The molecule has 4 aromatic carbocycles. The van der Waals surface area contributed by atoms with Gasteiger partial charge in [-0.2, -0.15) is 0 Å². The Hall–Kier alpha value is -3.93. The van der Waals surface area contributed by atoms with Crippen molar-refractivity contribution in [1.29, 1.82) is 0 Å². The average Bonchev–Trinajstić information content (AvgIpc) is 3.17. The number of carbonyl (C=O) groups is 1. The number of carboxylic acid groups (broad SMARTS) is 1. The summed E-state index contributed by atoms with van der Waals surface area (Å²) in [6, 6.07) is 32.6. The van der Waals surface area contributed by atoms with Gasteiger partial charge in [-0.25, -0.2) is 4.79 Å². The van der Waals surface area contributed by atoms with E-state index < -0.39 is 12.1 Å². The van der Waals surface area contributed by atoms with E-state index in [9.17, 15) is 9.90 Å². The predicted octanol–water partition coefficient (Wildman–Crippen LogP) is 6.68. The third-order valence-corrected chi connectivity index (χ3v) is 8.39. The number of aryl methyl sites for hydroxylation is 3. The van der Waals surface area contributed by atoms with Crippen LogP contribution in [0.5, 0.6) is 5.75 Å². The molecule has 0 aromatic heterocycles. The molecule has 0 bridgehead atoms. The molecule has 4 aromatic rings. The van der Waals surface area contributed by atoms with Crippen LogP contribution < -0.4 is 4.74 Å². The van der Waals surface area contributed by atoms with Gasteiger partial charge < -0.3 is 14.6 Å². The molecule has 0 fully saturated rings. The van der Waals surface area contributed by atoms with E-state index in [1.54, 1.807) is 0 Å². The van der Waals surface area contributed by atoms with E-state index in [-0.39, 0.29) is 6.04 Å². The molecule has 5 rings (SSSR count). The highest BCUT2D eigenvalue weighted by Crippen LogP contribution is 2.37. The van der Waals surface area contributed by atoms with Crippen LogP contribution in [0.25, 0.3) is 0 Å². The Bertz CT molecular complexity index is 1480. The van der Waals surface area contributed by atoms with Crippen LogP contribution in [-0.4, -0.2) is 49.4 Å². The Kier molecular flexibility index (Phi) is 9.73. The number of benzene rings is 4. The van der Waals surface area contributed by atoms with Crippen LogP contribution in [0.1, 0.15) is 57.5 Å². The summed E-state index contributed by atoms with van der Waals surface area (Å²) >= 11 is 0. The monoisotopic (exact) mass is 563 g/mol. The molecule has 0 saturated heterocycles. The summed E-state index contributed by atoms with van der Waals surface area (Å²) < 4.78 is 11.2. The molecule has 1 N–H and O–H groups in total. The summed E-state index contributed by atoms with van der Waals surface area (Å²) in [5.74, 6) is -0.182. The van der Waals surface area contributed by atoms with Gasteiger partial charge in [-0.3, -0.25) is 4.90 Å². The molecule has 218 valence electrons. The quantitative estimate of drug-likeness (QED) is 0.208. The van der Waals surface area contributed by atoms with Crippen molar-refractivity contribution >= 4 is 5.97 Å². The van der Waals surface area contributed by atoms with Crippen molar-refractivity contribution < 1.29 is 19.4 Å². The van der Waals surface area contributed by atoms with E-state index in [4.69, 9.17) is 9.47 Å². The Balaban J connectivity index is 1.33. The van der Waals surface area contributed by atoms with Crippen LogP contribution >= 0.6 is 0 Å². The van der Waals surface area contributed by atoms with Gasteiger partial charge in [0.05, 0.1) is 6.04 Å². The first-order valence-electron chi connectivity index (χ1n) is 14.9. The zero-order valence-electron chi connectivity index (χ0n) is 24.9. The zero-order valence-corrected chi connectivity index (χ0v) is 24.9. The highest BCUT2D eigenvalue weighted by atomic mass is 16.5. The minimum absolute atomic E-state index is 0.155. The molecule has 0 aliphatic heterocycles. The lowest BCUT2D eigenvalue weighted by molar-refractivity contribution is -0.148. The van der Waals surface area contributed by atoms with E-state index in [0.29, 0.717) is 13.0 Å². The highest BCUT2D eigenvalue weighted by Gasteiger charge is 2.27. The molecule has 2 unspecified atom stereocenters. The third kappa shape index (κ3) is 7.10. The number of ether oxygens (including phenoxy) is 2. The fourth-order valence-electron chi connectivity index (χ4n) is 5.99. The molecule has 5 heteroatoms. The maximum Gasteiger partial charge on any atom is 0.333 e. The lowest BCUT2D eigenvalue weighted by atomic mass is 9.90. The van der Waals surface area contributed by atoms with Crippen molar-refractivity contribution in [2.45, 2.75) is 51.2 Å². The first-order chi connectivity index (χ1) is 20.4. The lowest BCUT2D eigenvalue weighted by Crippen LogP contribution is -2.30. The summed E-state index contributed by atoms with van der Waals surface area (Å²) in [5, 5.41) is 9.25. The number of methoxy groups -OCH3 is 1. The molecule has 0 spiro atoms. The third-order valence-electron chi connectivity index (χ3n) is 8.39. The van der Waals surface area contributed by atoms with Crippen LogP contribution in [0, 0.1) is 0 Å². The molecule has 1 aliphatic rings. The number of likely N-dealkylation sites (N-methyl/N-ethyl adjacent to an activating group) is 1. The molecule has 0 radical (unpaired) electrons. The molecule has 1 aliphatic carbocycles. The molecular formula is C37H41NO4. The number of fused-ring (bicyclic) bond motifs is 2. The normalized spacial score (nSPS) is 15.0. The smallest absolute Gasteiger partial charge is 0.333 e. The molecule has 0 amide bonds. The van der Waals surface area contributed by atoms with Crippen LogP contribution in [0.3, 0.4) is 0 Å². The minimum Gasteiger partial charge on any atom is -0.492 e. The van der Waals surface area contributed by atoms with E-state index in [0.717, 1.165) is 43.5 Å². The zero-order chi connectivity index (χ0) is 29.5.